The van der Waals surface area contributed by atoms with Crippen LogP contribution in [0.25, 0.3) is 44.5 Å². The molecule has 9 aromatic rings. The third-order valence-corrected chi connectivity index (χ3v) is 12.2. The summed E-state index contributed by atoms with van der Waals surface area (Å²) in [5, 5.41) is 0. The molecule has 0 aliphatic heterocycles. The maximum atomic E-state index is 2.33. The fraction of sp³-hybridized carbons (Fsp3) is 0.0492. The normalized spacial score (nSPS) is 13.3. The summed E-state index contributed by atoms with van der Waals surface area (Å²) in [4.78, 5) is 2.33. The van der Waals surface area contributed by atoms with Gasteiger partial charge in [-0.2, -0.15) is 0 Å². The highest BCUT2D eigenvalue weighted by molar-refractivity contribution is 5.80. The smallest absolute Gasteiger partial charge is 0.0462 e. The Balaban J connectivity index is 0.917. The van der Waals surface area contributed by atoms with Crippen molar-refractivity contribution in [2.45, 2.75) is 18.3 Å². The van der Waals surface area contributed by atoms with Crippen LogP contribution in [0.3, 0.4) is 0 Å². The van der Waals surface area contributed by atoms with Crippen LogP contribution in [0, 0.1) is 0 Å². The minimum absolute atomic E-state index is 0.0860. The molecule has 9 aromatic carbocycles. The molecule has 0 bridgehead atoms. The molecule has 0 fully saturated rings. The third-order valence-electron chi connectivity index (χ3n) is 12.2. The number of benzene rings is 9. The van der Waals surface area contributed by atoms with Crippen molar-refractivity contribution in [2.24, 2.45) is 0 Å². The summed E-state index contributed by atoms with van der Waals surface area (Å²) in [5.41, 5.74) is 18.2. The van der Waals surface area contributed by atoms with Crippen LogP contribution in [-0.2, 0) is 0 Å². The second-order valence-electron chi connectivity index (χ2n) is 16.1. The molecule has 1 nitrogen and oxygen atoms in total. The van der Waals surface area contributed by atoms with Gasteiger partial charge in [-0.1, -0.05) is 224 Å². The van der Waals surface area contributed by atoms with Gasteiger partial charge < -0.3 is 4.90 Å². The van der Waals surface area contributed by atoms with E-state index in [0.717, 1.165) is 23.5 Å². The Morgan fingerprint density at radius 1 is 0.306 bits per heavy atom. The molecule has 1 atom stereocenters. The Morgan fingerprint density at radius 3 is 1.00 bits per heavy atom. The third kappa shape index (κ3) is 8.35. The quantitative estimate of drug-likeness (QED) is 0.118. The SMILES string of the molecule is C1=CCC(c2ccc(-c3ccc(N(c4ccccc4)c4ccc(-c5ccc(C(c6ccc(-c7ccccc7)cc6)c6ccc(-c7ccccc7)cc6)cc5)cc4)cc3)cc2)C=C1. The Hall–Kier alpha value is -7.74. The molecule has 1 aliphatic carbocycles. The van der Waals surface area contributed by atoms with Crippen molar-refractivity contribution in [1.82, 2.24) is 0 Å². The number of nitrogens with zero attached hydrogens (tertiary/aromatic N) is 1. The minimum atomic E-state index is 0.0860. The molecule has 0 aromatic heterocycles. The van der Waals surface area contributed by atoms with Gasteiger partial charge in [0.2, 0.25) is 0 Å². The topological polar surface area (TPSA) is 3.24 Å². The standard InChI is InChI=1S/C61H47N/c1-5-13-45(14-6-1)48-21-23-51(24-22-48)53-37-41-59(42-38-53)62(58-19-11-4-12-20-58)60-43-39-54(40-44-60)52-29-35-57(36-30-52)61(55-31-25-49(26-32-55)46-15-7-2-8-16-46)56-33-27-50(28-34-56)47-17-9-3-10-18-47/h1-13,15-45,61H,14H2. The van der Waals surface area contributed by atoms with E-state index in [0.29, 0.717) is 5.92 Å². The van der Waals surface area contributed by atoms with E-state index >= 15 is 0 Å². The molecule has 0 N–H and O–H groups in total. The first-order chi connectivity index (χ1) is 30.7. The van der Waals surface area contributed by atoms with Gasteiger partial charge >= 0.3 is 0 Å². The van der Waals surface area contributed by atoms with Crippen molar-refractivity contribution >= 4 is 17.1 Å². The zero-order valence-corrected chi connectivity index (χ0v) is 34.6. The molecule has 0 spiro atoms. The van der Waals surface area contributed by atoms with Gasteiger partial charge in [0.05, 0.1) is 0 Å². The maximum Gasteiger partial charge on any atom is 0.0462 e. The number of anilines is 3. The van der Waals surface area contributed by atoms with Crippen LogP contribution in [0.15, 0.2) is 261 Å². The second kappa shape index (κ2) is 17.9. The van der Waals surface area contributed by atoms with Crippen LogP contribution in [-0.4, -0.2) is 0 Å². The molecule has 0 heterocycles. The summed E-state index contributed by atoms with van der Waals surface area (Å²) >= 11 is 0. The zero-order valence-electron chi connectivity index (χ0n) is 34.6. The van der Waals surface area contributed by atoms with Crippen LogP contribution in [0.2, 0.25) is 0 Å². The van der Waals surface area contributed by atoms with Crippen LogP contribution < -0.4 is 4.90 Å². The number of para-hydroxylation sites is 1. The maximum absolute atomic E-state index is 2.33. The first-order valence-electron chi connectivity index (χ1n) is 21.6. The highest BCUT2D eigenvalue weighted by Crippen LogP contribution is 2.39. The lowest BCUT2D eigenvalue weighted by atomic mass is 9.83. The zero-order chi connectivity index (χ0) is 41.5. The number of hydrogen-bond donors (Lipinski definition) is 0. The number of rotatable bonds is 11. The van der Waals surface area contributed by atoms with Crippen LogP contribution in [0.4, 0.5) is 17.1 Å². The summed E-state index contributed by atoms with van der Waals surface area (Å²) < 4.78 is 0. The van der Waals surface area contributed by atoms with Gasteiger partial charge in [-0.05, 0) is 110 Å². The molecular formula is C61H47N. The van der Waals surface area contributed by atoms with Gasteiger partial charge in [0, 0.05) is 28.9 Å². The lowest BCUT2D eigenvalue weighted by Crippen LogP contribution is -2.09. The van der Waals surface area contributed by atoms with Crippen molar-refractivity contribution in [2.75, 3.05) is 4.90 Å². The fourth-order valence-corrected chi connectivity index (χ4v) is 8.82. The van der Waals surface area contributed by atoms with E-state index in [9.17, 15) is 0 Å². The summed E-state index contributed by atoms with van der Waals surface area (Å²) in [6, 6.07) is 86.2. The Labute approximate surface area is 366 Å². The Morgan fingerprint density at radius 2 is 0.629 bits per heavy atom. The minimum Gasteiger partial charge on any atom is -0.311 e. The van der Waals surface area contributed by atoms with Crippen LogP contribution >= 0.6 is 0 Å². The first-order valence-corrected chi connectivity index (χ1v) is 21.6. The molecule has 0 saturated heterocycles. The van der Waals surface area contributed by atoms with Crippen LogP contribution in [0.5, 0.6) is 0 Å². The van der Waals surface area contributed by atoms with E-state index in [4.69, 9.17) is 0 Å². The monoisotopic (exact) mass is 793 g/mol. The van der Waals surface area contributed by atoms with E-state index in [1.807, 2.05) is 0 Å². The van der Waals surface area contributed by atoms with Crippen molar-refractivity contribution in [3.05, 3.63) is 283 Å². The first kappa shape index (κ1) is 38.5. The molecule has 10 rings (SSSR count). The predicted molar refractivity (Wildman–Crippen MR) is 262 cm³/mol. The predicted octanol–water partition coefficient (Wildman–Crippen LogP) is 16.6. The summed E-state index contributed by atoms with van der Waals surface area (Å²) in [5.74, 6) is 0.542. The molecule has 62 heavy (non-hydrogen) atoms. The largest absolute Gasteiger partial charge is 0.311 e. The summed E-state index contributed by atoms with van der Waals surface area (Å²) in [6.07, 6.45) is 9.89. The van der Waals surface area contributed by atoms with Crippen molar-refractivity contribution in [1.29, 1.82) is 0 Å². The molecule has 0 saturated carbocycles. The molecule has 1 unspecified atom stereocenters. The van der Waals surface area contributed by atoms with Gasteiger partial charge in [-0.15, -0.1) is 0 Å². The van der Waals surface area contributed by atoms with Crippen molar-refractivity contribution < 1.29 is 0 Å². The Bertz CT molecular complexity index is 2810. The highest BCUT2D eigenvalue weighted by atomic mass is 15.1. The van der Waals surface area contributed by atoms with Gasteiger partial charge in [-0.3, -0.25) is 0 Å². The van der Waals surface area contributed by atoms with E-state index in [1.165, 1.54) is 66.8 Å². The molecule has 1 aliphatic rings. The van der Waals surface area contributed by atoms with E-state index < -0.39 is 0 Å². The molecule has 1 heteroatoms. The lowest BCUT2D eigenvalue weighted by molar-refractivity contribution is 0.854. The van der Waals surface area contributed by atoms with E-state index in [2.05, 4.69) is 266 Å². The molecule has 296 valence electrons. The molecular weight excluding hydrogens is 747 g/mol. The highest BCUT2D eigenvalue weighted by Gasteiger charge is 2.19. The van der Waals surface area contributed by atoms with Gasteiger partial charge in [-0.25, -0.2) is 0 Å². The van der Waals surface area contributed by atoms with Crippen LogP contribution in [0.1, 0.15) is 40.5 Å². The molecule has 0 amide bonds. The van der Waals surface area contributed by atoms with Gasteiger partial charge in [0.15, 0.2) is 0 Å². The number of allylic oxidation sites excluding steroid dienone is 4. The van der Waals surface area contributed by atoms with E-state index in [-0.39, 0.29) is 5.92 Å². The average Bonchev–Trinajstić information content (AvgIpc) is 3.36. The molecule has 0 radical (unpaired) electrons. The van der Waals surface area contributed by atoms with Gasteiger partial charge in [0.1, 0.15) is 0 Å². The number of hydrogen-bond acceptors (Lipinski definition) is 1. The van der Waals surface area contributed by atoms with Gasteiger partial charge in [0.25, 0.3) is 0 Å². The fourth-order valence-electron chi connectivity index (χ4n) is 8.82. The second-order valence-corrected chi connectivity index (χ2v) is 16.1. The Kier molecular flexibility index (Phi) is 11.1. The summed E-state index contributed by atoms with van der Waals surface area (Å²) in [6.45, 7) is 0. The van der Waals surface area contributed by atoms with Crippen molar-refractivity contribution in [3.63, 3.8) is 0 Å². The van der Waals surface area contributed by atoms with E-state index in [1.54, 1.807) is 0 Å². The average molecular weight is 794 g/mol. The van der Waals surface area contributed by atoms with Crippen molar-refractivity contribution in [3.8, 4) is 44.5 Å². The lowest BCUT2D eigenvalue weighted by Gasteiger charge is -2.26. The summed E-state index contributed by atoms with van der Waals surface area (Å²) in [7, 11) is 0.